The van der Waals surface area contributed by atoms with Gasteiger partial charge in [-0.2, -0.15) is 5.26 Å². The molecule has 172 valence electrons. The summed E-state index contributed by atoms with van der Waals surface area (Å²) in [4.78, 5) is 10.1. The second-order valence-electron chi connectivity index (χ2n) is 10.1. The summed E-state index contributed by atoms with van der Waals surface area (Å²) in [6, 6.07) is 7.34. The Morgan fingerprint density at radius 2 is 2.22 bits per heavy atom. The summed E-state index contributed by atoms with van der Waals surface area (Å²) in [5.74, 6) is 5.88. The quantitative estimate of drug-likeness (QED) is 0.427. The molecule has 7 heteroatoms. The zero-order valence-corrected chi connectivity index (χ0v) is 19.3. The topological polar surface area (TPSA) is 123 Å². The highest BCUT2D eigenvalue weighted by Crippen LogP contribution is 2.46. The third kappa shape index (κ3) is 5.11. The summed E-state index contributed by atoms with van der Waals surface area (Å²) in [6.45, 7) is 10.2. The monoisotopic (exact) mass is 437 g/mol. The van der Waals surface area contributed by atoms with Gasteiger partial charge in [-0.15, -0.1) is 0 Å². The van der Waals surface area contributed by atoms with Crippen molar-refractivity contribution in [3.63, 3.8) is 0 Å². The van der Waals surface area contributed by atoms with E-state index in [1.165, 1.54) is 0 Å². The zero-order chi connectivity index (χ0) is 23.6. The number of fused-ring (bicyclic) bond motifs is 1. The first kappa shape index (κ1) is 24.1. The summed E-state index contributed by atoms with van der Waals surface area (Å²) >= 11 is 0. The van der Waals surface area contributed by atoms with Crippen LogP contribution in [0.4, 0.5) is 0 Å². The minimum Gasteiger partial charge on any atom is -0.386 e. The molecular weight excluding hydrogens is 402 g/mol. The molecule has 0 aliphatic heterocycles. The molecule has 1 aromatic heterocycles. The Labute approximate surface area is 190 Å². The van der Waals surface area contributed by atoms with Crippen LogP contribution in [0.2, 0.25) is 0 Å². The molecule has 32 heavy (non-hydrogen) atoms. The zero-order valence-electron chi connectivity index (χ0n) is 19.3. The maximum atomic E-state index is 10.6. The van der Waals surface area contributed by atoms with Gasteiger partial charge in [-0.25, -0.2) is 10.9 Å². The second-order valence-corrected chi connectivity index (χ2v) is 10.1. The Hall–Kier alpha value is -2.50. The van der Waals surface area contributed by atoms with E-state index in [0.29, 0.717) is 17.6 Å². The molecule has 1 aliphatic rings. The highest BCUT2D eigenvalue weighted by molar-refractivity contribution is 5.77. The summed E-state index contributed by atoms with van der Waals surface area (Å²) in [6.07, 6.45) is 9.28. The molecule has 1 fully saturated rings. The van der Waals surface area contributed by atoms with Crippen LogP contribution in [0.3, 0.4) is 0 Å². The Kier molecular flexibility index (Phi) is 6.91. The molecule has 5 N–H and O–H groups in total. The lowest BCUT2D eigenvalue weighted by atomic mass is 9.66. The van der Waals surface area contributed by atoms with E-state index in [9.17, 15) is 10.4 Å². The maximum Gasteiger partial charge on any atom is 0.0992 e. The molecule has 0 amide bonds. The number of rotatable bonds is 8. The van der Waals surface area contributed by atoms with Crippen LogP contribution in [-0.2, 0) is 11.4 Å². The molecule has 0 radical (unpaired) electrons. The van der Waals surface area contributed by atoms with Crippen LogP contribution in [0.5, 0.6) is 0 Å². The first-order valence-corrected chi connectivity index (χ1v) is 11.1. The third-order valence-corrected chi connectivity index (χ3v) is 6.71. The van der Waals surface area contributed by atoms with Gasteiger partial charge in [0.15, 0.2) is 0 Å². The molecule has 1 heterocycles. The number of imidazole rings is 1. The van der Waals surface area contributed by atoms with E-state index in [2.05, 4.69) is 29.1 Å². The van der Waals surface area contributed by atoms with Gasteiger partial charge < -0.3 is 15.4 Å². The summed E-state index contributed by atoms with van der Waals surface area (Å²) in [5.41, 5.74) is 7.96. The maximum absolute atomic E-state index is 10.6. The van der Waals surface area contributed by atoms with Crippen molar-refractivity contribution in [2.24, 2.45) is 17.0 Å². The molecule has 3 rings (SSSR count). The summed E-state index contributed by atoms with van der Waals surface area (Å²) < 4.78 is 2.11. The molecule has 2 aromatic rings. The van der Waals surface area contributed by atoms with E-state index >= 15 is 0 Å². The lowest BCUT2D eigenvalue weighted by molar-refractivity contribution is -0.114. The van der Waals surface area contributed by atoms with Crippen molar-refractivity contribution in [1.82, 2.24) is 9.55 Å². The molecule has 7 nitrogen and oxygen atoms in total. The fourth-order valence-electron chi connectivity index (χ4n) is 5.33. The van der Waals surface area contributed by atoms with Crippen molar-refractivity contribution in [3.05, 3.63) is 54.4 Å². The van der Waals surface area contributed by atoms with Crippen molar-refractivity contribution in [3.8, 4) is 6.07 Å². The Bertz CT molecular complexity index is 1040. The fourth-order valence-corrected chi connectivity index (χ4v) is 5.33. The first-order chi connectivity index (χ1) is 15.0. The van der Waals surface area contributed by atoms with Gasteiger partial charge in [0.2, 0.25) is 0 Å². The molecule has 1 saturated carbocycles. The average molecular weight is 438 g/mol. The lowest BCUT2D eigenvalue weighted by Crippen LogP contribution is -2.50. The number of benzene rings is 1. The van der Waals surface area contributed by atoms with Gasteiger partial charge in [-0.1, -0.05) is 25.7 Å². The fraction of sp³-hybridized carbons (Fsp3) is 0.520. The van der Waals surface area contributed by atoms with Crippen LogP contribution < -0.4 is 11.6 Å². The van der Waals surface area contributed by atoms with Gasteiger partial charge in [0.1, 0.15) is 0 Å². The Morgan fingerprint density at radius 1 is 1.47 bits per heavy atom. The Balaban J connectivity index is 1.85. The van der Waals surface area contributed by atoms with Crippen LogP contribution in [0, 0.1) is 16.7 Å². The van der Waals surface area contributed by atoms with E-state index in [1.807, 2.05) is 18.5 Å². The lowest BCUT2D eigenvalue weighted by Gasteiger charge is -2.46. The first-order valence-electron chi connectivity index (χ1n) is 11.1. The number of hydrogen-bond acceptors (Lipinski definition) is 6. The average Bonchev–Trinajstić information content (AvgIpc) is 3.12. The smallest absolute Gasteiger partial charge is 0.0992 e. The van der Waals surface area contributed by atoms with Crippen molar-refractivity contribution < 1.29 is 9.94 Å². The van der Waals surface area contributed by atoms with Crippen LogP contribution in [-0.4, -0.2) is 31.9 Å². The molecule has 0 saturated heterocycles. The van der Waals surface area contributed by atoms with Crippen molar-refractivity contribution >= 4 is 11.0 Å². The third-order valence-electron chi connectivity index (χ3n) is 6.71. The van der Waals surface area contributed by atoms with Crippen molar-refractivity contribution in [2.75, 3.05) is 0 Å². The Morgan fingerprint density at radius 3 is 2.84 bits per heavy atom. The molecule has 0 bridgehead atoms. The number of nitriles is 1. The standard InChI is InChI=1S/C25H35N5O2/c1-5-7-19(23(2,3)31)20(27)13-25(32-28)11-6-10-24(4,15-25)16-30-17-29-21-9-8-18(14-26)12-22(21)30/h5,7-9,12,17,20,31H,1,6,10-11,13,15-16,27-28H2,2-4H3/b19-7+/t20?,24-,25-/m0/s1. The molecular formula is C25H35N5O2. The van der Waals surface area contributed by atoms with Crippen molar-refractivity contribution in [2.45, 2.75) is 76.7 Å². The van der Waals surface area contributed by atoms with E-state index in [-0.39, 0.29) is 5.41 Å². The normalized spacial score (nSPS) is 25.5. The minimum absolute atomic E-state index is 0.0926. The predicted octanol–water partition coefficient (Wildman–Crippen LogP) is 3.72. The van der Waals surface area contributed by atoms with Gasteiger partial charge in [-0.05, 0) is 75.1 Å². The molecule has 1 aromatic carbocycles. The van der Waals surface area contributed by atoms with Crippen LogP contribution in [0.25, 0.3) is 11.0 Å². The number of aromatic nitrogens is 2. The van der Waals surface area contributed by atoms with E-state index < -0.39 is 17.2 Å². The van der Waals surface area contributed by atoms with Crippen LogP contribution in [0.1, 0.15) is 58.4 Å². The SMILES string of the molecule is C=C/C=C(\C(N)C[C@@]1(ON)CCC[C@](C)(Cn2cnc3ccc(C#N)cc32)C1)C(C)(C)O. The van der Waals surface area contributed by atoms with Gasteiger partial charge in [0.05, 0.1) is 40.2 Å². The molecule has 1 unspecified atom stereocenters. The van der Waals surface area contributed by atoms with Gasteiger partial charge in [-0.3, -0.25) is 4.84 Å². The van der Waals surface area contributed by atoms with Crippen LogP contribution in [0.15, 0.2) is 48.8 Å². The number of aliphatic hydroxyl groups is 1. The predicted molar refractivity (Wildman–Crippen MR) is 126 cm³/mol. The van der Waals surface area contributed by atoms with Crippen LogP contribution >= 0.6 is 0 Å². The highest BCUT2D eigenvalue weighted by Gasteiger charge is 2.45. The largest absolute Gasteiger partial charge is 0.386 e. The van der Waals surface area contributed by atoms with Gasteiger partial charge in [0.25, 0.3) is 0 Å². The summed E-state index contributed by atoms with van der Waals surface area (Å²) in [5, 5.41) is 19.9. The number of nitrogens with zero attached hydrogens (tertiary/aromatic N) is 3. The number of allylic oxidation sites excluding steroid dienone is 2. The van der Waals surface area contributed by atoms with Crippen molar-refractivity contribution in [1.29, 1.82) is 5.26 Å². The molecule has 0 spiro atoms. The van der Waals surface area contributed by atoms with Gasteiger partial charge >= 0.3 is 0 Å². The minimum atomic E-state index is -1.06. The summed E-state index contributed by atoms with van der Waals surface area (Å²) in [7, 11) is 0. The molecule has 3 atom stereocenters. The van der Waals surface area contributed by atoms with E-state index in [4.69, 9.17) is 16.5 Å². The number of hydrogen-bond donors (Lipinski definition) is 3. The van der Waals surface area contributed by atoms with E-state index in [1.54, 1.807) is 32.1 Å². The highest BCUT2D eigenvalue weighted by atomic mass is 16.6. The van der Waals surface area contributed by atoms with E-state index in [0.717, 1.165) is 43.3 Å². The number of nitrogens with two attached hydrogens (primary N) is 2. The molecule has 1 aliphatic carbocycles. The van der Waals surface area contributed by atoms with Gasteiger partial charge in [0, 0.05) is 12.6 Å². The second kappa shape index (κ2) is 9.16.